The molecule has 5 nitrogen and oxygen atoms in total. The minimum atomic E-state index is -0.335. The third-order valence-electron chi connectivity index (χ3n) is 2.01. The van der Waals surface area contributed by atoms with Crippen molar-refractivity contribution < 1.29 is 9.53 Å². The van der Waals surface area contributed by atoms with Gasteiger partial charge in [-0.3, -0.25) is 4.90 Å². The lowest BCUT2D eigenvalue weighted by atomic mass is 10.3. The first-order valence-electron chi connectivity index (χ1n) is 4.13. The van der Waals surface area contributed by atoms with E-state index in [0.29, 0.717) is 13.1 Å². The number of rotatable bonds is 2. The number of hydrogen-bond acceptors (Lipinski definition) is 3. The lowest BCUT2D eigenvalue weighted by Crippen LogP contribution is -2.27. The lowest BCUT2D eigenvalue weighted by Gasteiger charge is -2.08. The fourth-order valence-corrected chi connectivity index (χ4v) is 1.33. The van der Waals surface area contributed by atoms with E-state index >= 15 is 0 Å². The van der Waals surface area contributed by atoms with Crippen molar-refractivity contribution in [1.29, 1.82) is 0 Å². The van der Waals surface area contributed by atoms with Crippen LogP contribution in [0.2, 0.25) is 0 Å². The van der Waals surface area contributed by atoms with Crippen LogP contribution < -0.4 is 10.6 Å². The summed E-state index contributed by atoms with van der Waals surface area (Å²) >= 11 is 0. The van der Waals surface area contributed by atoms with E-state index < -0.39 is 0 Å². The molecule has 0 bridgehead atoms. The molecule has 0 aromatic carbocycles. The van der Waals surface area contributed by atoms with Crippen LogP contribution >= 0.6 is 0 Å². The molecule has 1 atom stereocenters. The molecule has 1 saturated heterocycles. The van der Waals surface area contributed by atoms with Crippen molar-refractivity contribution in [3.63, 3.8) is 0 Å². The Morgan fingerprint density at radius 2 is 2.62 bits per heavy atom. The molecule has 1 aliphatic rings. The highest BCUT2D eigenvalue weighted by atomic mass is 16.6. The highest BCUT2D eigenvalue weighted by molar-refractivity contribution is 5.88. The summed E-state index contributed by atoms with van der Waals surface area (Å²) in [6.07, 6.45) is 1.24. The summed E-state index contributed by atoms with van der Waals surface area (Å²) in [4.78, 5) is 15.7. The summed E-state index contributed by atoms with van der Waals surface area (Å²) in [5, 5.41) is 0. The van der Waals surface area contributed by atoms with Crippen LogP contribution in [0, 0.1) is 0 Å². The van der Waals surface area contributed by atoms with Crippen LogP contribution in [0.25, 0.3) is 0 Å². The van der Waals surface area contributed by atoms with E-state index in [-0.39, 0.29) is 12.2 Å². The van der Waals surface area contributed by atoms with Crippen LogP contribution in [0.4, 0.5) is 10.6 Å². The molecule has 0 aliphatic carbocycles. The first kappa shape index (κ1) is 8.12. The summed E-state index contributed by atoms with van der Waals surface area (Å²) in [6, 6.07) is 3.65. The van der Waals surface area contributed by atoms with Crippen LogP contribution in [-0.2, 0) is 4.74 Å². The first-order chi connectivity index (χ1) is 6.31. The Hall–Kier alpha value is -1.49. The van der Waals surface area contributed by atoms with E-state index in [0.717, 1.165) is 5.82 Å². The normalized spacial score (nSPS) is 22.1. The van der Waals surface area contributed by atoms with Gasteiger partial charge in [-0.15, -0.1) is 0 Å². The van der Waals surface area contributed by atoms with Gasteiger partial charge in [-0.25, -0.2) is 4.79 Å². The van der Waals surface area contributed by atoms with Crippen molar-refractivity contribution in [3.8, 4) is 0 Å². The molecular formula is C8H11N3O2. The van der Waals surface area contributed by atoms with Crippen molar-refractivity contribution in [2.24, 2.45) is 5.73 Å². The molecule has 0 spiro atoms. The average Bonchev–Trinajstić information content (AvgIpc) is 2.72. The van der Waals surface area contributed by atoms with Crippen LogP contribution in [0.15, 0.2) is 18.3 Å². The standard InChI is InChI=1S/C8H11N3O2/c9-4-6-5-11(8(12)13-6)7-2-1-3-10-7/h1-3,6,10H,4-5,9H2/t6-/m0/s1. The number of carbonyl (C=O) groups excluding carboxylic acids is 1. The smallest absolute Gasteiger partial charge is 0.415 e. The van der Waals surface area contributed by atoms with Gasteiger partial charge in [0.05, 0.1) is 6.54 Å². The predicted molar refractivity (Wildman–Crippen MR) is 47.5 cm³/mol. The highest BCUT2D eigenvalue weighted by Crippen LogP contribution is 2.18. The zero-order chi connectivity index (χ0) is 9.26. The number of nitrogens with two attached hydrogens (primary N) is 1. The summed E-state index contributed by atoms with van der Waals surface area (Å²) in [7, 11) is 0. The predicted octanol–water partition coefficient (Wildman–Crippen LogP) is 0.299. The molecule has 0 radical (unpaired) electrons. The fourth-order valence-electron chi connectivity index (χ4n) is 1.33. The number of amides is 1. The van der Waals surface area contributed by atoms with Crippen molar-refractivity contribution in [2.45, 2.75) is 6.10 Å². The molecule has 70 valence electrons. The Bertz CT molecular complexity index is 296. The van der Waals surface area contributed by atoms with Gasteiger partial charge in [0.2, 0.25) is 0 Å². The minimum absolute atomic E-state index is 0.184. The molecule has 3 N–H and O–H groups in total. The molecule has 5 heteroatoms. The monoisotopic (exact) mass is 181 g/mol. The zero-order valence-corrected chi connectivity index (χ0v) is 7.06. The summed E-state index contributed by atoms with van der Waals surface area (Å²) < 4.78 is 4.99. The largest absolute Gasteiger partial charge is 0.443 e. The number of aromatic amines is 1. The Kier molecular flexibility index (Phi) is 1.94. The lowest BCUT2D eigenvalue weighted by molar-refractivity contribution is 0.145. The van der Waals surface area contributed by atoms with Crippen molar-refractivity contribution in [3.05, 3.63) is 18.3 Å². The zero-order valence-electron chi connectivity index (χ0n) is 7.06. The second-order valence-electron chi connectivity index (χ2n) is 2.91. The van der Waals surface area contributed by atoms with Crippen molar-refractivity contribution in [1.82, 2.24) is 4.98 Å². The second kappa shape index (κ2) is 3.10. The maximum absolute atomic E-state index is 11.3. The third kappa shape index (κ3) is 1.38. The topological polar surface area (TPSA) is 71.3 Å². The molecule has 2 heterocycles. The molecule has 0 unspecified atom stereocenters. The van der Waals surface area contributed by atoms with Gasteiger partial charge in [0, 0.05) is 12.7 Å². The van der Waals surface area contributed by atoms with Crippen molar-refractivity contribution in [2.75, 3.05) is 18.0 Å². The molecule has 1 amide bonds. The molecule has 1 aromatic heterocycles. The van der Waals surface area contributed by atoms with Gasteiger partial charge in [0.1, 0.15) is 11.9 Å². The maximum Gasteiger partial charge on any atom is 0.415 e. The molecule has 1 aromatic rings. The number of nitrogens with one attached hydrogen (secondary N) is 1. The van der Waals surface area contributed by atoms with Crippen molar-refractivity contribution >= 4 is 11.9 Å². The molecule has 2 rings (SSSR count). The average molecular weight is 181 g/mol. The van der Waals surface area contributed by atoms with E-state index in [9.17, 15) is 4.79 Å². The van der Waals surface area contributed by atoms with Gasteiger partial charge in [0.25, 0.3) is 0 Å². The molecule has 1 fully saturated rings. The SMILES string of the molecule is NC[C@H]1CN(c2ccc[nH]2)C(=O)O1. The van der Waals surface area contributed by atoms with Gasteiger partial charge in [0.15, 0.2) is 0 Å². The molecule has 0 saturated carbocycles. The number of carbonyl (C=O) groups is 1. The van der Waals surface area contributed by atoms with Crippen LogP contribution in [-0.4, -0.2) is 30.3 Å². The van der Waals surface area contributed by atoms with Gasteiger partial charge in [-0.05, 0) is 12.1 Å². The van der Waals surface area contributed by atoms with Crippen LogP contribution in [0.3, 0.4) is 0 Å². The number of anilines is 1. The quantitative estimate of drug-likeness (QED) is 0.689. The number of H-pyrrole nitrogens is 1. The van der Waals surface area contributed by atoms with Gasteiger partial charge in [-0.1, -0.05) is 0 Å². The molecular weight excluding hydrogens is 170 g/mol. The maximum atomic E-state index is 11.3. The minimum Gasteiger partial charge on any atom is -0.443 e. The third-order valence-corrected chi connectivity index (χ3v) is 2.01. The Balaban J connectivity index is 2.14. The Morgan fingerprint density at radius 3 is 3.15 bits per heavy atom. The first-order valence-corrected chi connectivity index (χ1v) is 4.13. The van der Waals surface area contributed by atoms with E-state index in [1.54, 1.807) is 6.20 Å². The fraction of sp³-hybridized carbons (Fsp3) is 0.375. The van der Waals surface area contributed by atoms with Gasteiger partial charge < -0.3 is 15.5 Å². The number of hydrogen-bond donors (Lipinski definition) is 2. The summed E-state index contributed by atoms with van der Waals surface area (Å²) in [5.41, 5.74) is 5.40. The summed E-state index contributed by atoms with van der Waals surface area (Å²) in [5.74, 6) is 0.751. The van der Waals surface area contributed by atoms with Crippen LogP contribution in [0.1, 0.15) is 0 Å². The number of ether oxygens (including phenoxy) is 1. The van der Waals surface area contributed by atoms with Gasteiger partial charge in [-0.2, -0.15) is 0 Å². The Labute approximate surface area is 75.5 Å². The number of cyclic esters (lactones) is 1. The van der Waals surface area contributed by atoms with E-state index in [2.05, 4.69) is 4.98 Å². The molecule has 13 heavy (non-hydrogen) atoms. The molecule has 1 aliphatic heterocycles. The Morgan fingerprint density at radius 1 is 1.77 bits per heavy atom. The van der Waals surface area contributed by atoms with Crippen LogP contribution in [0.5, 0.6) is 0 Å². The van der Waals surface area contributed by atoms with E-state index in [1.165, 1.54) is 4.90 Å². The number of aromatic nitrogens is 1. The number of nitrogens with zero attached hydrogens (tertiary/aromatic N) is 1. The van der Waals surface area contributed by atoms with E-state index in [1.807, 2.05) is 12.1 Å². The van der Waals surface area contributed by atoms with E-state index in [4.69, 9.17) is 10.5 Å². The van der Waals surface area contributed by atoms with Gasteiger partial charge >= 0.3 is 6.09 Å². The second-order valence-corrected chi connectivity index (χ2v) is 2.91. The highest BCUT2D eigenvalue weighted by Gasteiger charge is 2.31. The summed E-state index contributed by atoms with van der Waals surface area (Å²) in [6.45, 7) is 0.888.